The van der Waals surface area contributed by atoms with E-state index < -0.39 is 0 Å². The largest absolute Gasteiger partial charge is 0.362 e. The third kappa shape index (κ3) is 4.94. The minimum absolute atomic E-state index is 0.00673. The molecule has 2 aromatic heterocycles. The summed E-state index contributed by atoms with van der Waals surface area (Å²) in [5, 5.41) is 6.14. The Labute approximate surface area is 196 Å². The summed E-state index contributed by atoms with van der Waals surface area (Å²) < 4.78 is 0. The zero-order valence-electron chi connectivity index (χ0n) is 20.6. The highest BCUT2D eigenvalue weighted by Crippen LogP contribution is 2.36. The number of aromatic amines is 1. The summed E-state index contributed by atoms with van der Waals surface area (Å²) in [4.78, 5) is 33.7. The van der Waals surface area contributed by atoms with E-state index in [0.717, 1.165) is 23.5 Å². The van der Waals surface area contributed by atoms with Crippen LogP contribution in [-0.4, -0.2) is 48.5 Å². The number of anilines is 1. The molecule has 2 N–H and O–H groups in total. The van der Waals surface area contributed by atoms with Gasteiger partial charge in [-0.1, -0.05) is 0 Å². The number of hydrogen-bond donors (Lipinski definition) is 2. The molecule has 0 aliphatic heterocycles. The molecule has 1 aliphatic carbocycles. The van der Waals surface area contributed by atoms with Crippen LogP contribution in [0.5, 0.6) is 0 Å². The first-order valence-corrected chi connectivity index (χ1v) is 12.5. The van der Waals surface area contributed by atoms with E-state index in [2.05, 4.69) is 41.1 Å². The highest BCUT2D eigenvalue weighted by Gasteiger charge is 2.28. The van der Waals surface area contributed by atoms with Gasteiger partial charge in [-0.05, 0) is 80.0 Å². The van der Waals surface area contributed by atoms with E-state index in [0.29, 0.717) is 28.8 Å². The normalized spacial score (nSPS) is 18.8. The first-order valence-electron chi connectivity index (χ1n) is 11.6. The number of aromatic nitrogens is 1. The lowest BCUT2D eigenvalue weighted by atomic mass is 9.89. The van der Waals surface area contributed by atoms with Crippen molar-refractivity contribution in [2.45, 2.75) is 78.9 Å². The van der Waals surface area contributed by atoms with Crippen molar-refractivity contribution in [3.63, 3.8) is 0 Å². The summed E-state index contributed by atoms with van der Waals surface area (Å²) in [5.41, 5.74) is 4.77. The molecular formula is C25H38N4O2S. The smallest absolute Gasteiger partial charge is 0.252 e. The van der Waals surface area contributed by atoms with Crippen LogP contribution in [0.25, 0.3) is 0 Å². The Morgan fingerprint density at radius 1 is 1.06 bits per heavy atom. The Bertz CT molecular complexity index is 1020. The Morgan fingerprint density at radius 3 is 2.28 bits per heavy atom. The molecule has 1 fully saturated rings. The maximum atomic E-state index is 13.0. The minimum Gasteiger partial charge on any atom is -0.362 e. The van der Waals surface area contributed by atoms with Crippen molar-refractivity contribution in [2.75, 3.05) is 25.5 Å². The van der Waals surface area contributed by atoms with Crippen LogP contribution >= 0.6 is 11.3 Å². The Balaban J connectivity index is 1.72. The fourth-order valence-electron chi connectivity index (χ4n) is 4.86. The lowest BCUT2D eigenvalue weighted by Gasteiger charge is -2.39. The van der Waals surface area contributed by atoms with Crippen molar-refractivity contribution >= 4 is 22.2 Å². The van der Waals surface area contributed by atoms with Gasteiger partial charge in [-0.2, -0.15) is 0 Å². The molecule has 0 radical (unpaired) electrons. The van der Waals surface area contributed by atoms with Gasteiger partial charge in [0, 0.05) is 53.1 Å². The van der Waals surface area contributed by atoms with Gasteiger partial charge in [-0.25, -0.2) is 0 Å². The van der Waals surface area contributed by atoms with E-state index in [4.69, 9.17) is 0 Å². The summed E-state index contributed by atoms with van der Waals surface area (Å²) in [6.07, 6.45) is 4.81. The molecule has 1 amide bonds. The monoisotopic (exact) mass is 458 g/mol. The number of carbonyl (C=O) groups excluding carboxylic acids is 1. The number of hydrogen-bond acceptors (Lipinski definition) is 5. The molecule has 1 aliphatic rings. The third-order valence-corrected chi connectivity index (χ3v) is 8.24. The summed E-state index contributed by atoms with van der Waals surface area (Å²) >= 11 is 1.66. The molecule has 0 spiro atoms. The summed E-state index contributed by atoms with van der Waals surface area (Å²) in [6, 6.07) is 1.20. The number of aryl methyl sites for hydroxylation is 2. The molecule has 32 heavy (non-hydrogen) atoms. The third-order valence-electron chi connectivity index (χ3n) is 7.13. The van der Waals surface area contributed by atoms with E-state index in [1.54, 1.807) is 11.3 Å². The molecule has 2 heterocycles. The number of pyridine rings is 1. The van der Waals surface area contributed by atoms with Crippen LogP contribution in [0.15, 0.2) is 10.2 Å². The van der Waals surface area contributed by atoms with Gasteiger partial charge in [0.05, 0.1) is 10.6 Å². The zero-order chi connectivity index (χ0) is 23.6. The van der Waals surface area contributed by atoms with E-state index in [1.807, 2.05) is 33.1 Å². The minimum atomic E-state index is -0.116. The predicted octanol–water partition coefficient (Wildman–Crippen LogP) is 4.30. The molecular weight excluding hydrogens is 420 g/mol. The van der Waals surface area contributed by atoms with E-state index >= 15 is 0 Å². The lowest BCUT2D eigenvalue weighted by molar-refractivity contribution is 0.0950. The fraction of sp³-hybridized carbons (Fsp3) is 0.600. The Morgan fingerprint density at radius 2 is 1.69 bits per heavy atom. The van der Waals surface area contributed by atoms with Crippen LogP contribution in [-0.2, 0) is 6.54 Å². The molecule has 2 aromatic rings. The first-order chi connectivity index (χ1) is 15.1. The summed E-state index contributed by atoms with van der Waals surface area (Å²) in [7, 11) is 4.34. The summed E-state index contributed by atoms with van der Waals surface area (Å²) in [5.74, 6) is -0.116. The van der Waals surface area contributed by atoms with E-state index in [1.165, 1.54) is 30.7 Å². The molecule has 7 heteroatoms. The molecule has 0 unspecified atom stereocenters. The predicted molar refractivity (Wildman–Crippen MR) is 134 cm³/mol. The number of carbonyl (C=O) groups is 1. The number of rotatable bonds is 7. The average Bonchev–Trinajstić information content (AvgIpc) is 3.14. The van der Waals surface area contributed by atoms with Crippen molar-refractivity contribution in [1.82, 2.24) is 15.2 Å². The van der Waals surface area contributed by atoms with Crippen LogP contribution in [0.1, 0.15) is 71.0 Å². The SMILES string of the molecule is CCN(c1scc(C(=O)NCc2c(C)[nH]c(C)c(C)c2=O)c1C)C1CCC(N(C)C)CC1. The molecule has 0 aromatic carbocycles. The topological polar surface area (TPSA) is 68.4 Å². The van der Waals surface area contributed by atoms with Gasteiger partial charge in [0.25, 0.3) is 5.91 Å². The number of nitrogens with one attached hydrogen (secondary N) is 2. The second-order valence-corrected chi connectivity index (χ2v) is 10.1. The molecule has 0 saturated heterocycles. The molecule has 3 rings (SSSR count). The first kappa shape index (κ1) is 24.5. The molecule has 1 saturated carbocycles. The molecule has 0 bridgehead atoms. The van der Waals surface area contributed by atoms with Crippen LogP contribution in [0.2, 0.25) is 0 Å². The van der Waals surface area contributed by atoms with Gasteiger partial charge in [0.15, 0.2) is 5.43 Å². The average molecular weight is 459 g/mol. The van der Waals surface area contributed by atoms with Gasteiger partial charge in [0.2, 0.25) is 0 Å². The number of amides is 1. The van der Waals surface area contributed by atoms with Crippen molar-refractivity contribution in [3.05, 3.63) is 49.2 Å². The Kier molecular flexibility index (Phi) is 7.83. The van der Waals surface area contributed by atoms with E-state index in [9.17, 15) is 9.59 Å². The van der Waals surface area contributed by atoms with Crippen LogP contribution in [0.4, 0.5) is 5.00 Å². The van der Waals surface area contributed by atoms with Crippen molar-refractivity contribution in [3.8, 4) is 0 Å². The van der Waals surface area contributed by atoms with Crippen LogP contribution < -0.4 is 15.6 Å². The number of nitrogens with zero attached hydrogens (tertiary/aromatic N) is 2. The molecule has 6 nitrogen and oxygen atoms in total. The lowest BCUT2D eigenvalue weighted by Crippen LogP contribution is -2.42. The van der Waals surface area contributed by atoms with Gasteiger partial charge >= 0.3 is 0 Å². The van der Waals surface area contributed by atoms with Crippen LogP contribution in [0.3, 0.4) is 0 Å². The zero-order valence-corrected chi connectivity index (χ0v) is 21.4. The maximum absolute atomic E-state index is 13.0. The second kappa shape index (κ2) is 10.2. The standard InChI is InChI=1S/C25H38N4O2S/c1-8-29(20-11-9-19(10-12-20)28(6)7)25-16(3)22(14-32-25)24(31)26-13-21-18(5)27-17(4)15(2)23(21)30/h14,19-20H,8-13H2,1-7H3,(H,26,31)(H,27,30). The number of thiophene rings is 1. The van der Waals surface area contributed by atoms with Crippen LogP contribution in [0, 0.1) is 27.7 Å². The van der Waals surface area contributed by atoms with Gasteiger partial charge < -0.3 is 20.1 Å². The van der Waals surface area contributed by atoms with E-state index in [-0.39, 0.29) is 17.9 Å². The summed E-state index contributed by atoms with van der Waals surface area (Å²) in [6.45, 7) is 11.0. The molecule has 176 valence electrons. The number of H-pyrrole nitrogens is 1. The Hall–Kier alpha value is -2.12. The molecule has 0 atom stereocenters. The van der Waals surface area contributed by atoms with Crippen molar-refractivity contribution in [1.29, 1.82) is 0 Å². The highest BCUT2D eigenvalue weighted by atomic mass is 32.1. The van der Waals surface area contributed by atoms with Gasteiger partial charge in [0.1, 0.15) is 0 Å². The fourth-order valence-corrected chi connectivity index (χ4v) is 6.08. The maximum Gasteiger partial charge on any atom is 0.252 e. The van der Waals surface area contributed by atoms with Gasteiger partial charge in [-0.3, -0.25) is 9.59 Å². The highest BCUT2D eigenvalue weighted by molar-refractivity contribution is 7.14. The quantitative estimate of drug-likeness (QED) is 0.649. The van der Waals surface area contributed by atoms with Gasteiger partial charge in [-0.15, -0.1) is 11.3 Å². The van der Waals surface area contributed by atoms with Crippen molar-refractivity contribution in [2.24, 2.45) is 0 Å². The second-order valence-electron chi connectivity index (χ2n) is 9.28. The van der Waals surface area contributed by atoms with Crippen molar-refractivity contribution < 1.29 is 4.79 Å².